The molecule has 1 saturated heterocycles. The molecule has 134 valence electrons. The second-order valence-corrected chi connectivity index (χ2v) is 5.97. The van der Waals surface area contributed by atoms with Gasteiger partial charge in [0, 0.05) is 25.2 Å². The predicted octanol–water partition coefficient (Wildman–Crippen LogP) is 2.45. The first-order chi connectivity index (χ1) is 12.3. The van der Waals surface area contributed by atoms with Gasteiger partial charge in [-0.1, -0.05) is 12.7 Å². The monoisotopic (exact) mass is 344 g/mol. The molecule has 1 fully saturated rings. The Labute approximate surface area is 147 Å². The highest BCUT2D eigenvalue weighted by atomic mass is 16.5. The van der Waals surface area contributed by atoms with Crippen molar-refractivity contribution in [3.05, 3.63) is 42.7 Å². The molecule has 1 amide bonds. The zero-order valence-corrected chi connectivity index (χ0v) is 14.3. The van der Waals surface area contributed by atoms with Crippen molar-refractivity contribution in [2.75, 3.05) is 46.0 Å². The van der Waals surface area contributed by atoms with Crippen LogP contribution in [-0.4, -0.2) is 56.8 Å². The molecule has 25 heavy (non-hydrogen) atoms. The average Bonchev–Trinajstić information content (AvgIpc) is 3.12. The van der Waals surface area contributed by atoms with Gasteiger partial charge in [0.15, 0.2) is 0 Å². The number of fused-ring (bicyclic) bond motifs is 1. The van der Waals surface area contributed by atoms with E-state index in [1.165, 1.54) is 0 Å². The van der Waals surface area contributed by atoms with Crippen LogP contribution < -0.4 is 10.1 Å². The standard InChI is InChI=1S/C19H24N2O4/c1-2-9-24-17-13-15(14-18-16(17)4-10-25-18)19(22)20-5-3-6-21-7-11-23-12-8-21/h2,4,10,13-14H,1,3,5-9,11-12H2,(H,20,22). The lowest BCUT2D eigenvalue weighted by atomic mass is 10.1. The van der Waals surface area contributed by atoms with E-state index in [1.54, 1.807) is 24.5 Å². The topological polar surface area (TPSA) is 63.9 Å². The first kappa shape index (κ1) is 17.5. The fraction of sp³-hybridized carbons (Fsp3) is 0.421. The lowest BCUT2D eigenvalue weighted by molar-refractivity contribution is 0.0374. The van der Waals surface area contributed by atoms with Crippen LogP contribution in [0.1, 0.15) is 16.8 Å². The number of ether oxygens (including phenoxy) is 2. The first-order valence-electron chi connectivity index (χ1n) is 8.61. The Balaban J connectivity index is 1.56. The number of hydrogen-bond donors (Lipinski definition) is 1. The van der Waals surface area contributed by atoms with E-state index in [4.69, 9.17) is 13.9 Å². The number of carbonyl (C=O) groups excluding carboxylic acids is 1. The van der Waals surface area contributed by atoms with Gasteiger partial charge in [-0.2, -0.15) is 0 Å². The van der Waals surface area contributed by atoms with Gasteiger partial charge in [0.1, 0.15) is 17.9 Å². The minimum atomic E-state index is -0.122. The molecule has 1 aliphatic heterocycles. The van der Waals surface area contributed by atoms with E-state index < -0.39 is 0 Å². The van der Waals surface area contributed by atoms with Gasteiger partial charge in [-0.05, 0) is 31.2 Å². The molecule has 6 nitrogen and oxygen atoms in total. The van der Waals surface area contributed by atoms with Crippen molar-refractivity contribution >= 4 is 16.9 Å². The quantitative estimate of drug-likeness (QED) is 0.589. The van der Waals surface area contributed by atoms with Crippen molar-refractivity contribution in [3.8, 4) is 5.75 Å². The smallest absolute Gasteiger partial charge is 0.251 e. The SMILES string of the molecule is C=CCOc1cc(C(=O)NCCCN2CCOCC2)cc2occc12. The summed E-state index contributed by atoms with van der Waals surface area (Å²) in [6.45, 7) is 9.15. The van der Waals surface area contributed by atoms with Gasteiger partial charge in [-0.15, -0.1) is 0 Å². The van der Waals surface area contributed by atoms with E-state index in [0.717, 1.165) is 44.7 Å². The van der Waals surface area contributed by atoms with Gasteiger partial charge in [0.05, 0.1) is 24.9 Å². The second-order valence-electron chi connectivity index (χ2n) is 5.97. The summed E-state index contributed by atoms with van der Waals surface area (Å²) < 4.78 is 16.4. The Morgan fingerprint density at radius 1 is 1.36 bits per heavy atom. The minimum Gasteiger partial charge on any atom is -0.489 e. The predicted molar refractivity (Wildman–Crippen MR) is 96.1 cm³/mol. The highest BCUT2D eigenvalue weighted by Crippen LogP contribution is 2.28. The fourth-order valence-electron chi connectivity index (χ4n) is 2.87. The number of nitrogens with one attached hydrogen (secondary N) is 1. The zero-order chi connectivity index (χ0) is 17.5. The van der Waals surface area contributed by atoms with Crippen LogP contribution in [0, 0.1) is 0 Å². The first-order valence-corrected chi connectivity index (χ1v) is 8.61. The van der Waals surface area contributed by atoms with Crippen molar-refractivity contribution in [1.82, 2.24) is 10.2 Å². The van der Waals surface area contributed by atoms with Gasteiger partial charge >= 0.3 is 0 Å². The van der Waals surface area contributed by atoms with Crippen molar-refractivity contribution < 1.29 is 18.7 Å². The molecule has 0 saturated carbocycles. The van der Waals surface area contributed by atoms with E-state index in [1.807, 2.05) is 6.07 Å². The van der Waals surface area contributed by atoms with Crippen molar-refractivity contribution in [3.63, 3.8) is 0 Å². The van der Waals surface area contributed by atoms with Crippen LogP contribution in [0.25, 0.3) is 11.0 Å². The average molecular weight is 344 g/mol. The number of nitrogens with zero attached hydrogens (tertiary/aromatic N) is 1. The summed E-state index contributed by atoms with van der Waals surface area (Å²) in [6.07, 6.45) is 4.17. The molecule has 0 atom stereocenters. The molecule has 3 rings (SSSR count). The summed E-state index contributed by atoms with van der Waals surface area (Å²) in [6, 6.07) is 5.32. The molecule has 0 aliphatic carbocycles. The zero-order valence-electron chi connectivity index (χ0n) is 14.3. The van der Waals surface area contributed by atoms with Crippen molar-refractivity contribution in [1.29, 1.82) is 0 Å². The van der Waals surface area contributed by atoms with Crippen LogP contribution in [0.3, 0.4) is 0 Å². The summed E-state index contributed by atoms with van der Waals surface area (Å²) in [5.74, 6) is 0.508. The lowest BCUT2D eigenvalue weighted by Crippen LogP contribution is -2.38. The third-order valence-corrected chi connectivity index (χ3v) is 4.19. The molecule has 6 heteroatoms. The van der Waals surface area contributed by atoms with Crippen LogP contribution in [0.15, 0.2) is 41.5 Å². The van der Waals surface area contributed by atoms with Gasteiger partial charge in [-0.25, -0.2) is 0 Å². The maximum atomic E-state index is 12.4. The number of rotatable bonds is 8. The summed E-state index contributed by atoms with van der Waals surface area (Å²) >= 11 is 0. The van der Waals surface area contributed by atoms with Gasteiger partial charge in [-0.3, -0.25) is 9.69 Å². The molecule has 0 bridgehead atoms. The van der Waals surface area contributed by atoms with Gasteiger partial charge in [0.25, 0.3) is 5.91 Å². The summed E-state index contributed by atoms with van der Waals surface area (Å²) in [7, 11) is 0. The Kier molecular flexibility index (Phi) is 6.09. The number of morpholine rings is 1. The van der Waals surface area contributed by atoms with Crippen LogP contribution in [0.5, 0.6) is 5.75 Å². The van der Waals surface area contributed by atoms with Crippen LogP contribution >= 0.6 is 0 Å². The molecule has 1 aliphatic rings. The third-order valence-electron chi connectivity index (χ3n) is 4.19. The number of amides is 1. The molecule has 2 heterocycles. The summed E-state index contributed by atoms with van der Waals surface area (Å²) in [5.41, 5.74) is 1.17. The Morgan fingerprint density at radius 3 is 3.00 bits per heavy atom. The number of benzene rings is 1. The number of hydrogen-bond acceptors (Lipinski definition) is 5. The molecule has 2 aromatic rings. The fourth-order valence-corrected chi connectivity index (χ4v) is 2.87. The maximum Gasteiger partial charge on any atom is 0.251 e. The van der Waals surface area contributed by atoms with Gasteiger partial charge < -0.3 is 19.2 Å². The molecule has 0 unspecified atom stereocenters. The highest BCUT2D eigenvalue weighted by molar-refractivity contribution is 5.99. The molecular weight excluding hydrogens is 320 g/mol. The Hall–Kier alpha value is -2.31. The normalized spacial score (nSPS) is 15.2. The number of carbonyl (C=O) groups is 1. The Bertz CT molecular complexity index is 719. The van der Waals surface area contributed by atoms with Gasteiger partial charge in [0.2, 0.25) is 0 Å². The second kappa shape index (κ2) is 8.69. The molecule has 0 radical (unpaired) electrons. The van der Waals surface area contributed by atoms with Crippen LogP contribution in [0.4, 0.5) is 0 Å². The van der Waals surface area contributed by atoms with E-state index in [9.17, 15) is 4.79 Å². The molecule has 0 spiro atoms. The Morgan fingerprint density at radius 2 is 2.20 bits per heavy atom. The molecule has 1 aromatic heterocycles. The summed E-state index contributed by atoms with van der Waals surface area (Å²) in [4.78, 5) is 14.8. The largest absolute Gasteiger partial charge is 0.489 e. The van der Waals surface area contributed by atoms with Crippen molar-refractivity contribution in [2.24, 2.45) is 0 Å². The van der Waals surface area contributed by atoms with Crippen LogP contribution in [-0.2, 0) is 4.74 Å². The molecular formula is C19H24N2O4. The molecule has 1 N–H and O–H groups in total. The van der Waals surface area contributed by atoms with Crippen molar-refractivity contribution in [2.45, 2.75) is 6.42 Å². The minimum absolute atomic E-state index is 0.122. The van der Waals surface area contributed by atoms with E-state index in [0.29, 0.717) is 30.0 Å². The van der Waals surface area contributed by atoms with E-state index in [-0.39, 0.29) is 5.91 Å². The lowest BCUT2D eigenvalue weighted by Gasteiger charge is -2.26. The van der Waals surface area contributed by atoms with Crippen LogP contribution in [0.2, 0.25) is 0 Å². The summed E-state index contributed by atoms with van der Waals surface area (Å²) in [5, 5.41) is 3.82. The third kappa shape index (κ3) is 4.61. The number of furan rings is 1. The van der Waals surface area contributed by atoms with E-state index in [2.05, 4.69) is 16.8 Å². The maximum absolute atomic E-state index is 12.4. The highest BCUT2D eigenvalue weighted by Gasteiger charge is 2.13. The molecule has 1 aromatic carbocycles. The van der Waals surface area contributed by atoms with E-state index >= 15 is 0 Å².